The number of aliphatic hydroxyl groups excluding tert-OH is 1. The number of ether oxygens (including phenoxy) is 2. The van der Waals surface area contributed by atoms with Crippen LogP contribution in [-0.2, 0) is 13.2 Å². The summed E-state index contributed by atoms with van der Waals surface area (Å²) in [6.07, 6.45) is -0.450. The molecule has 0 heterocycles. The monoisotopic (exact) mass is 387 g/mol. The lowest BCUT2D eigenvalue weighted by molar-refractivity contribution is 0.191. The van der Waals surface area contributed by atoms with Gasteiger partial charge in [-0.1, -0.05) is 29.3 Å². The third-order valence-corrected chi connectivity index (χ3v) is 4.23. The summed E-state index contributed by atoms with van der Waals surface area (Å²) < 4.78 is 24.8. The summed E-state index contributed by atoms with van der Waals surface area (Å²) in [7, 11) is 1.51. The second kappa shape index (κ2) is 9.25. The molecule has 1 unspecified atom stereocenters. The van der Waals surface area contributed by atoms with Gasteiger partial charge in [0, 0.05) is 29.7 Å². The third kappa shape index (κ3) is 5.47. The van der Waals surface area contributed by atoms with Gasteiger partial charge in [0.25, 0.3) is 0 Å². The zero-order chi connectivity index (χ0) is 18.4. The quantitative estimate of drug-likeness (QED) is 0.712. The molecule has 2 rings (SSSR count). The molecule has 1 atom stereocenters. The molecular formula is C18H20Cl2FNO3. The van der Waals surface area contributed by atoms with Crippen molar-refractivity contribution in [3.63, 3.8) is 0 Å². The van der Waals surface area contributed by atoms with Crippen LogP contribution in [0.4, 0.5) is 4.39 Å². The third-order valence-electron chi connectivity index (χ3n) is 3.52. The first kappa shape index (κ1) is 19.8. The SMILES string of the molecule is COc1cc(CNCC(C)O)c(Cl)cc1OCc1c(F)cccc1Cl. The van der Waals surface area contributed by atoms with Gasteiger partial charge < -0.3 is 19.9 Å². The van der Waals surface area contributed by atoms with Gasteiger partial charge in [-0.25, -0.2) is 4.39 Å². The maximum absolute atomic E-state index is 13.8. The highest BCUT2D eigenvalue weighted by Crippen LogP contribution is 2.34. The van der Waals surface area contributed by atoms with Crippen molar-refractivity contribution in [1.82, 2.24) is 5.32 Å². The standard InChI is InChI=1S/C18H20Cl2FNO3/c1-11(23)8-22-9-12-6-17(24-2)18(7-15(12)20)25-10-13-14(19)4-3-5-16(13)21/h3-7,11,22-23H,8-10H2,1-2H3. The minimum atomic E-state index is -0.450. The van der Waals surface area contributed by atoms with E-state index in [0.29, 0.717) is 34.6 Å². The van der Waals surface area contributed by atoms with Crippen LogP contribution in [0.25, 0.3) is 0 Å². The zero-order valence-corrected chi connectivity index (χ0v) is 15.5. The van der Waals surface area contributed by atoms with Gasteiger partial charge in [0.05, 0.1) is 18.2 Å². The molecule has 2 N–H and O–H groups in total. The van der Waals surface area contributed by atoms with E-state index < -0.39 is 11.9 Å². The van der Waals surface area contributed by atoms with E-state index in [2.05, 4.69) is 5.32 Å². The lowest BCUT2D eigenvalue weighted by Gasteiger charge is -2.15. The number of rotatable bonds is 8. The minimum Gasteiger partial charge on any atom is -0.493 e. The second-order valence-electron chi connectivity index (χ2n) is 5.56. The van der Waals surface area contributed by atoms with Gasteiger partial charge in [0.15, 0.2) is 11.5 Å². The van der Waals surface area contributed by atoms with Crippen LogP contribution in [0.3, 0.4) is 0 Å². The van der Waals surface area contributed by atoms with Crippen LogP contribution in [-0.4, -0.2) is 24.9 Å². The molecule has 0 aliphatic rings. The van der Waals surface area contributed by atoms with Crippen LogP contribution in [0, 0.1) is 5.82 Å². The molecule has 0 amide bonds. The van der Waals surface area contributed by atoms with Crippen LogP contribution >= 0.6 is 23.2 Å². The minimum absolute atomic E-state index is 0.0438. The first-order valence-electron chi connectivity index (χ1n) is 7.73. The van der Waals surface area contributed by atoms with E-state index in [9.17, 15) is 9.50 Å². The lowest BCUT2D eigenvalue weighted by atomic mass is 10.2. The largest absolute Gasteiger partial charge is 0.493 e. The van der Waals surface area contributed by atoms with E-state index in [0.717, 1.165) is 5.56 Å². The van der Waals surface area contributed by atoms with Crippen LogP contribution in [0.2, 0.25) is 10.0 Å². The van der Waals surface area contributed by atoms with Gasteiger partial charge in [-0.2, -0.15) is 0 Å². The van der Waals surface area contributed by atoms with E-state index in [-0.39, 0.29) is 12.2 Å². The fourth-order valence-electron chi connectivity index (χ4n) is 2.22. The predicted octanol–water partition coefficient (Wildman–Crippen LogP) is 4.19. The summed E-state index contributed by atoms with van der Waals surface area (Å²) in [5, 5.41) is 13.1. The number of aliphatic hydroxyl groups is 1. The van der Waals surface area contributed by atoms with E-state index >= 15 is 0 Å². The van der Waals surface area contributed by atoms with Gasteiger partial charge >= 0.3 is 0 Å². The molecular weight excluding hydrogens is 368 g/mol. The molecule has 0 bridgehead atoms. The predicted molar refractivity (Wildman–Crippen MR) is 97.1 cm³/mol. The lowest BCUT2D eigenvalue weighted by Crippen LogP contribution is -2.24. The number of nitrogens with one attached hydrogen (secondary N) is 1. The topological polar surface area (TPSA) is 50.7 Å². The van der Waals surface area contributed by atoms with Crippen LogP contribution in [0.15, 0.2) is 30.3 Å². The van der Waals surface area contributed by atoms with Crippen molar-refractivity contribution in [2.24, 2.45) is 0 Å². The van der Waals surface area contributed by atoms with Crippen molar-refractivity contribution in [3.05, 3.63) is 57.3 Å². The summed E-state index contributed by atoms with van der Waals surface area (Å²) in [5.74, 6) is 0.438. The Balaban J connectivity index is 2.14. The fourth-order valence-corrected chi connectivity index (χ4v) is 2.66. The number of hydrogen-bond donors (Lipinski definition) is 2. The van der Waals surface area contributed by atoms with Gasteiger partial charge in [0.1, 0.15) is 12.4 Å². The average molecular weight is 388 g/mol. The van der Waals surface area contributed by atoms with Crippen molar-refractivity contribution in [2.45, 2.75) is 26.2 Å². The van der Waals surface area contributed by atoms with Gasteiger partial charge in [-0.05, 0) is 30.7 Å². The Kier molecular flexibility index (Phi) is 7.32. The molecule has 0 spiro atoms. The van der Waals surface area contributed by atoms with Crippen LogP contribution in [0.5, 0.6) is 11.5 Å². The number of hydrogen-bond acceptors (Lipinski definition) is 4. The van der Waals surface area contributed by atoms with Gasteiger partial charge in [-0.15, -0.1) is 0 Å². The molecule has 136 valence electrons. The Morgan fingerprint density at radius 2 is 1.96 bits per heavy atom. The maximum Gasteiger partial charge on any atom is 0.163 e. The fraction of sp³-hybridized carbons (Fsp3) is 0.333. The van der Waals surface area contributed by atoms with Crippen molar-refractivity contribution in [3.8, 4) is 11.5 Å². The molecule has 25 heavy (non-hydrogen) atoms. The molecule has 7 heteroatoms. The van der Waals surface area contributed by atoms with Crippen molar-refractivity contribution in [2.75, 3.05) is 13.7 Å². The zero-order valence-electron chi connectivity index (χ0n) is 14.0. The molecule has 0 fully saturated rings. The Morgan fingerprint density at radius 1 is 1.20 bits per heavy atom. The van der Waals surface area contributed by atoms with Crippen molar-refractivity contribution >= 4 is 23.2 Å². The van der Waals surface area contributed by atoms with E-state index in [1.54, 1.807) is 25.1 Å². The summed E-state index contributed by atoms with van der Waals surface area (Å²) in [4.78, 5) is 0. The molecule has 0 saturated carbocycles. The van der Waals surface area contributed by atoms with E-state index in [1.807, 2.05) is 0 Å². The normalized spacial score (nSPS) is 12.1. The van der Waals surface area contributed by atoms with Gasteiger partial charge in [0.2, 0.25) is 0 Å². The molecule has 0 aliphatic carbocycles. The highest BCUT2D eigenvalue weighted by Gasteiger charge is 2.13. The van der Waals surface area contributed by atoms with Crippen LogP contribution < -0.4 is 14.8 Å². The average Bonchev–Trinajstić information content (AvgIpc) is 2.55. The first-order chi connectivity index (χ1) is 11.9. The summed E-state index contributed by atoms with van der Waals surface area (Å²) >= 11 is 12.3. The molecule has 0 radical (unpaired) electrons. The number of benzene rings is 2. The van der Waals surface area contributed by atoms with E-state index in [1.165, 1.54) is 19.2 Å². The molecule has 2 aromatic carbocycles. The van der Waals surface area contributed by atoms with Crippen molar-refractivity contribution < 1.29 is 19.0 Å². The van der Waals surface area contributed by atoms with E-state index in [4.69, 9.17) is 32.7 Å². The maximum atomic E-state index is 13.8. The Hall–Kier alpha value is -1.53. The number of methoxy groups -OCH3 is 1. The molecule has 0 saturated heterocycles. The molecule has 2 aromatic rings. The smallest absolute Gasteiger partial charge is 0.163 e. The molecule has 0 aliphatic heterocycles. The Bertz CT molecular complexity index is 705. The summed E-state index contributed by atoms with van der Waals surface area (Å²) in [6.45, 7) is 2.57. The summed E-state index contributed by atoms with van der Waals surface area (Å²) in [5.41, 5.74) is 1.07. The number of halogens is 3. The highest BCUT2D eigenvalue weighted by atomic mass is 35.5. The molecule has 4 nitrogen and oxygen atoms in total. The Morgan fingerprint density at radius 3 is 2.60 bits per heavy atom. The van der Waals surface area contributed by atoms with Crippen molar-refractivity contribution in [1.29, 1.82) is 0 Å². The summed E-state index contributed by atoms with van der Waals surface area (Å²) in [6, 6.07) is 7.83. The Labute approximate surface area is 156 Å². The molecule has 0 aromatic heterocycles. The first-order valence-corrected chi connectivity index (χ1v) is 8.48. The second-order valence-corrected chi connectivity index (χ2v) is 6.38. The highest BCUT2D eigenvalue weighted by molar-refractivity contribution is 6.31. The van der Waals surface area contributed by atoms with Gasteiger partial charge in [-0.3, -0.25) is 0 Å². The van der Waals surface area contributed by atoms with Crippen LogP contribution in [0.1, 0.15) is 18.1 Å².